The minimum Gasteiger partial charge on any atom is -0.354 e. The number of nitrogens with one attached hydrogen (secondary N) is 1. The topological polar surface area (TPSA) is 33.1 Å². The highest BCUT2D eigenvalue weighted by Gasteiger charge is 2.18. The summed E-state index contributed by atoms with van der Waals surface area (Å²) in [6, 6.07) is 0. The highest BCUT2D eigenvalue weighted by molar-refractivity contribution is 5.49. The van der Waals surface area contributed by atoms with E-state index < -0.39 is 6.43 Å². The van der Waals surface area contributed by atoms with E-state index in [1.165, 1.54) is 0 Å². The SMILES string of the molecule is CCNCc1c(C)nn(C)c1N(C)CC(F)F. The summed E-state index contributed by atoms with van der Waals surface area (Å²) in [6.45, 7) is 5.12. The smallest absolute Gasteiger partial charge is 0.255 e. The van der Waals surface area contributed by atoms with E-state index in [1.54, 1.807) is 23.7 Å². The fourth-order valence-electron chi connectivity index (χ4n) is 1.92. The Labute approximate surface area is 101 Å². The molecule has 0 aliphatic rings. The summed E-state index contributed by atoms with van der Waals surface area (Å²) >= 11 is 0. The van der Waals surface area contributed by atoms with E-state index in [4.69, 9.17) is 0 Å². The van der Waals surface area contributed by atoms with Crippen molar-refractivity contribution in [1.82, 2.24) is 15.1 Å². The second-order valence-corrected chi connectivity index (χ2v) is 4.06. The van der Waals surface area contributed by atoms with Gasteiger partial charge in [0.25, 0.3) is 6.43 Å². The van der Waals surface area contributed by atoms with Crippen molar-refractivity contribution in [2.24, 2.45) is 7.05 Å². The number of hydrogen-bond donors (Lipinski definition) is 1. The van der Waals surface area contributed by atoms with Gasteiger partial charge in [-0.15, -0.1) is 0 Å². The molecule has 6 heteroatoms. The van der Waals surface area contributed by atoms with Crippen molar-refractivity contribution >= 4 is 5.82 Å². The molecule has 0 saturated heterocycles. The molecule has 0 saturated carbocycles. The minimum atomic E-state index is -2.35. The average molecular weight is 246 g/mol. The summed E-state index contributed by atoms with van der Waals surface area (Å²) in [4.78, 5) is 1.55. The lowest BCUT2D eigenvalue weighted by Crippen LogP contribution is -2.27. The first kappa shape index (κ1) is 13.9. The van der Waals surface area contributed by atoms with E-state index in [9.17, 15) is 8.78 Å². The van der Waals surface area contributed by atoms with Gasteiger partial charge in [0, 0.05) is 26.2 Å². The van der Waals surface area contributed by atoms with Crippen molar-refractivity contribution in [2.75, 3.05) is 25.0 Å². The summed E-state index contributed by atoms with van der Waals surface area (Å²) in [6.07, 6.45) is -2.35. The van der Waals surface area contributed by atoms with Crippen LogP contribution in [0.5, 0.6) is 0 Å². The number of aromatic nitrogens is 2. The number of nitrogens with zero attached hydrogens (tertiary/aromatic N) is 3. The third kappa shape index (κ3) is 3.39. The third-order valence-corrected chi connectivity index (χ3v) is 2.64. The molecule has 4 nitrogen and oxygen atoms in total. The maximum absolute atomic E-state index is 12.4. The molecule has 0 bridgehead atoms. The number of alkyl halides is 2. The van der Waals surface area contributed by atoms with Gasteiger partial charge >= 0.3 is 0 Å². The van der Waals surface area contributed by atoms with Gasteiger partial charge in [-0.05, 0) is 13.5 Å². The molecule has 0 fully saturated rings. The van der Waals surface area contributed by atoms with E-state index in [-0.39, 0.29) is 6.54 Å². The largest absolute Gasteiger partial charge is 0.354 e. The van der Waals surface area contributed by atoms with E-state index in [2.05, 4.69) is 10.4 Å². The normalized spacial score (nSPS) is 11.2. The van der Waals surface area contributed by atoms with Crippen LogP contribution < -0.4 is 10.2 Å². The predicted octanol–water partition coefficient (Wildman–Crippen LogP) is 1.54. The van der Waals surface area contributed by atoms with Crippen molar-refractivity contribution in [3.63, 3.8) is 0 Å². The van der Waals surface area contributed by atoms with E-state index in [1.807, 2.05) is 13.8 Å². The zero-order valence-corrected chi connectivity index (χ0v) is 10.8. The van der Waals surface area contributed by atoms with Crippen LogP contribution in [0.15, 0.2) is 0 Å². The molecule has 0 aliphatic heterocycles. The van der Waals surface area contributed by atoms with Crippen molar-refractivity contribution in [1.29, 1.82) is 0 Å². The van der Waals surface area contributed by atoms with Crippen molar-refractivity contribution in [2.45, 2.75) is 26.8 Å². The molecule has 0 aliphatic carbocycles. The van der Waals surface area contributed by atoms with Gasteiger partial charge in [-0.2, -0.15) is 5.10 Å². The molecule has 0 aromatic carbocycles. The van der Waals surface area contributed by atoms with Gasteiger partial charge in [0.15, 0.2) is 0 Å². The molecular formula is C11H20F2N4. The summed E-state index contributed by atoms with van der Waals surface area (Å²) in [5.41, 5.74) is 1.86. The van der Waals surface area contributed by atoms with Gasteiger partial charge < -0.3 is 10.2 Å². The highest BCUT2D eigenvalue weighted by Crippen LogP contribution is 2.22. The molecule has 98 valence electrons. The Morgan fingerprint density at radius 1 is 1.47 bits per heavy atom. The third-order valence-electron chi connectivity index (χ3n) is 2.64. The van der Waals surface area contributed by atoms with Crippen LogP contribution in [0.1, 0.15) is 18.2 Å². The molecule has 0 spiro atoms. The Balaban J connectivity index is 2.95. The van der Waals surface area contributed by atoms with Gasteiger partial charge in [0.1, 0.15) is 5.82 Å². The van der Waals surface area contributed by atoms with Gasteiger partial charge in [0.05, 0.1) is 12.2 Å². The standard InChI is InChI=1S/C11H20F2N4/c1-5-14-6-9-8(2)15-17(4)11(9)16(3)7-10(12)13/h10,14H,5-7H2,1-4H3. The zero-order valence-electron chi connectivity index (χ0n) is 10.8. The number of anilines is 1. The maximum Gasteiger partial charge on any atom is 0.255 e. The Hall–Kier alpha value is -1.17. The fraction of sp³-hybridized carbons (Fsp3) is 0.727. The Kier molecular flexibility index (Phi) is 4.86. The molecule has 1 aromatic heterocycles. The van der Waals surface area contributed by atoms with E-state index in [0.717, 1.165) is 23.6 Å². The summed E-state index contributed by atoms with van der Waals surface area (Å²) < 4.78 is 26.5. The summed E-state index contributed by atoms with van der Waals surface area (Å²) in [5.74, 6) is 0.753. The first-order valence-electron chi connectivity index (χ1n) is 5.69. The molecule has 0 radical (unpaired) electrons. The van der Waals surface area contributed by atoms with Gasteiger partial charge in [0.2, 0.25) is 0 Å². The minimum absolute atomic E-state index is 0.280. The van der Waals surface area contributed by atoms with Crippen LogP contribution in [0.2, 0.25) is 0 Å². The molecule has 1 N–H and O–H groups in total. The number of hydrogen-bond acceptors (Lipinski definition) is 3. The van der Waals surface area contributed by atoms with Gasteiger partial charge in [-0.3, -0.25) is 4.68 Å². The predicted molar refractivity (Wildman–Crippen MR) is 64.6 cm³/mol. The van der Waals surface area contributed by atoms with E-state index in [0.29, 0.717) is 6.54 Å². The fourth-order valence-corrected chi connectivity index (χ4v) is 1.92. The summed E-state index contributed by atoms with van der Waals surface area (Å²) in [5, 5.41) is 7.48. The number of rotatable bonds is 6. The highest BCUT2D eigenvalue weighted by atomic mass is 19.3. The van der Waals surface area contributed by atoms with Crippen LogP contribution >= 0.6 is 0 Å². The lowest BCUT2D eigenvalue weighted by molar-refractivity contribution is 0.156. The van der Waals surface area contributed by atoms with Crippen molar-refractivity contribution < 1.29 is 8.78 Å². The zero-order chi connectivity index (χ0) is 13.0. The average Bonchev–Trinajstić information content (AvgIpc) is 2.49. The van der Waals surface area contributed by atoms with Crippen LogP contribution in [0.3, 0.4) is 0 Å². The Morgan fingerprint density at radius 2 is 2.12 bits per heavy atom. The van der Waals surface area contributed by atoms with Crippen LogP contribution in [-0.2, 0) is 13.6 Å². The molecule has 1 heterocycles. The molecule has 0 amide bonds. The summed E-state index contributed by atoms with van der Waals surface area (Å²) in [7, 11) is 3.44. The van der Waals surface area contributed by atoms with Crippen LogP contribution in [0.4, 0.5) is 14.6 Å². The van der Waals surface area contributed by atoms with Crippen molar-refractivity contribution in [3.8, 4) is 0 Å². The number of halogens is 2. The molecular weight excluding hydrogens is 226 g/mol. The molecule has 17 heavy (non-hydrogen) atoms. The van der Waals surface area contributed by atoms with Gasteiger partial charge in [-0.1, -0.05) is 6.92 Å². The van der Waals surface area contributed by atoms with E-state index >= 15 is 0 Å². The quantitative estimate of drug-likeness (QED) is 0.826. The molecule has 0 atom stereocenters. The van der Waals surface area contributed by atoms with Crippen LogP contribution in [0, 0.1) is 6.92 Å². The molecule has 0 unspecified atom stereocenters. The van der Waals surface area contributed by atoms with Gasteiger partial charge in [-0.25, -0.2) is 8.78 Å². The second kappa shape index (κ2) is 5.95. The monoisotopic (exact) mass is 246 g/mol. The molecule has 1 aromatic rings. The number of aryl methyl sites for hydroxylation is 2. The molecule has 1 rings (SSSR count). The van der Waals surface area contributed by atoms with Crippen LogP contribution in [-0.4, -0.2) is 36.3 Å². The Bertz CT molecular complexity index is 363. The van der Waals surface area contributed by atoms with Crippen molar-refractivity contribution in [3.05, 3.63) is 11.3 Å². The maximum atomic E-state index is 12.4. The first-order chi connectivity index (χ1) is 7.97. The first-order valence-corrected chi connectivity index (χ1v) is 5.69. The second-order valence-electron chi connectivity index (χ2n) is 4.06. The van der Waals surface area contributed by atoms with Crippen LogP contribution in [0.25, 0.3) is 0 Å². The lowest BCUT2D eigenvalue weighted by Gasteiger charge is -2.20. The Morgan fingerprint density at radius 3 is 2.65 bits per heavy atom. The lowest BCUT2D eigenvalue weighted by atomic mass is 10.2.